The van der Waals surface area contributed by atoms with E-state index in [-0.39, 0.29) is 12.0 Å². The Morgan fingerprint density at radius 2 is 2.35 bits per heavy atom. The van der Waals surface area contributed by atoms with E-state index in [4.69, 9.17) is 0 Å². The van der Waals surface area contributed by atoms with Gasteiger partial charge in [0, 0.05) is 12.5 Å². The summed E-state index contributed by atoms with van der Waals surface area (Å²) in [6.45, 7) is 4.73. The van der Waals surface area contributed by atoms with E-state index < -0.39 is 11.7 Å². The lowest BCUT2D eigenvalue weighted by molar-refractivity contribution is -0.103. The van der Waals surface area contributed by atoms with Gasteiger partial charge in [0.2, 0.25) is 0 Å². The predicted molar refractivity (Wildman–Crippen MR) is 68.6 cm³/mol. The largest absolute Gasteiger partial charge is 0.389 e. The smallest absolute Gasteiger partial charge is 0.134 e. The molecule has 2 aliphatic rings. The SMILES string of the molecule is C/C=C/C=C1/C=CC2NCC(CC)C(O)C12O. The van der Waals surface area contributed by atoms with Gasteiger partial charge in [-0.05, 0) is 18.9 Å². The molecule has 0 aromatic rings. The molecule has 2 rings (SSSR count). The molecule has 0 aromatic heterocycles. The number of nitrogens with one attached hydrogen (secondary N) is 1. The van der Waals surface area contributed by atoms with Crippen LogP contribution in [0.4, 0.5) is 0 Å². The van der Waals surface area contributed by atoms with Gasteiger partial charge in [0.25, 0.3) is 0 Å². The Hall–Kier alpha value is -0.900. The average Bonchev–Trinajstić information content (AvgIpc) is 2.66. The maximum atomic E-state index is 10.8. The number of rotatable bonds is 2. The van der Waals surface area contributed by atoms with Crippen LogP contribution in [-0.2, 0) is 0 Å². The third-order valence-electron chi connectivity index (χ3n) is 3.89. The average molecular weight is 235 g/mol. The van der Waals surface area contributed by atoms with Gasteiger partial charge in [0.05, 0.1) is 12.1 Å². The molecule has 1 saturated heterocycles. The highest BCUT2D eigenvalue weighted by atomic mass is 16.3. The van der Waals surface area contributed by atoms with Crippen LogP contribution in [0.5, 0.6) is 0 Å². The zero-order chi connectivity index (χ0) is 12.5. The molecule has 0 aromatic carbocycles. The molecule has 17 heavy (non-hydrogen) atoms. The van der Waals surface area contributed by atoms with Crippen molar-refractivity contribution in [3.63, 3.8) is 0 Å². The zero-order valence-electron chi connectivity index (χ0n) is 10.4. The van der Waals surface area contributed by atoms with Crippen LogP contribution in [0.1, 0.15) is 20.3 Å². The van der Waals surface area contributed by atoms with Crippen LogP contribution in [0.2, 0.25) is 0 Å². The Morgan fingerprint density at radius 1 is 1.59 bits per heavy atom. The van der Waals surface area contributed by atoms with E-state index in [9.17, 15) is 10.2 Å². The van der Waals surface area contributed by atoms with E-state index >= 15 is 0 Å². The topological polar surface area (TPSA) is 52.5 Å². The van der Waals surface area contributed by atoms with Gasteiger partial charge in [-0.1, -0.05) is 37.3 Å². The van der Waals surface area contributed by atoms with Crippen molar-refractivity contribution < 1.29 is 10.2 Å². The number of aliphatic hydroxyl groups is 2. The van der Waals surface area contributed by atoms with Gasteiger partial charge in [0.1, 0.15) is 5.60 Å². The molecule has 3 heteroatoms. The highest BCUT2D eigenvalue weighted by Crippen LogP contribution is 2.39. The van der Waals surface area contributed by atoms with Gasteiger partial charge in [-0.25, -0.2) is 0 Å². The van der Waals surface area contributed by atoms with Gasteiger partial charge in [-0.15, -0.1) is 0 Å². The molecule has 0 radical (unpaired) electrons. The van der Waals surface area contributed by atoms with Crippen LogP contribution < -0.4 is 5.32 Å². The normalized spacial score (nSPS) is 43.5. The van der Waals surface area contributed by atoms with Crippen LogP contribution in [0.25, 0.3) is 0 Å². The van der Waals surface area contributed by atoms with Gasteiger partial charge >= 0.3 is 0 Å². The molecular weight excluding hydrogens is 214 g/mol. The van der Waals surface area contributed by atoms with Crippen LogP contribution >= 0.6 is 0 Å². The fourth-order valence-corrected chi connectivity index (χ4v) is 2.74. The number of piperidine rings is 1. The monoisotopic (exact) mass is 235 g/mol. The van der Waals surface area contributed by atoms with Gasteiger partial charge in [-0.2, -0.15) is 0 Å². The summed E-state index contributed by atoms with van der Waals surface area (Å²) >= 11 is 0. The second-order valence-electron chi connectivity index (χ2n) is 4.83. The molecule has 4 unspecified atom stereocenters. The first kappa shape index (κ1) is 12.6. The summed E-state index contributed by atoms with van der Waals surface area (Å²) in [5.41, 5.74) is -0.378. The highest BCUT2D eigenvalue weighted by Gasteiger charge is 2.52. The molecule has 0 amide bonds. The molecule has 1 aliphatic heterocycles. The lowest BCUT2D eigenvalue weighted by atomic mass is 9.75. The highest BCUT2D eigenvalue weighted by molar-refractivity contribution is 5.45. The van der Waals surface area contributed by atoms with Crippen molar-refractivity contribution in [2.75, 3.05) is 6.54 Å². The first-order valence-electron chi connectivity index (χ1n) is 6.30. The minimum atomic E-state index is -1.17. The lowest BCUT2D eigenvalue weighted by Gasteiger charge is -2.44. The molecule has 1 aliphatic carbocycles. The van der Waals surface area contributed by atoms with Crippen LogP contribution in [0, 0.1) is 5.92 Å². The minimum Gasteiger partial charge on any atom is -0.389 e. The molecule has 3 nitrogen and oxygen atoms in total. The molecule has 0 spiro atoms. The van der Waals surface area contributed by atoms with Crippen molar-refractivity contribution in [2.24, 2.45) is 5.92 Å². The van der Waals surface area contributed by atoms with Crippen molar-refractivity contribution in [1.82, 2.24) is 5.32 Å². The standard InChI is InChI=1S/C14H21NO2/c1-3-5-6-11-7-8-12-14(11,17)13(16)10(4-2)9-15-12/h3,5-8,10,12-13,15-17H,4,9H2,1-2H3/b5-3+,11-6-. The van der Waals surface area contributed by atoms with Crippen molar-refractivity contribution in [1.29, 1.82) is 0 Å². The fraction of sp³-hybridized carbons (Fsp3) is 0.571. The molecule has 1 fully saturated rings. The summed E-state index contributed by atoms with van der Waals surface area (Å²) in [6, 6.07) is -0.170. The molecule has 3 N–H and O–H groups in total. The maximum Gasteiger partial charge on any atom is 0.134 e. The van der Waals surface area contributed by atoms with Gasteiger partial charge in [0.15, 0.2) is 0 Å². The predicted octanol–water partition coefficient (Wildman–Crippen LogP) is 1.15. The number of allylic oxidation sites excluding steroid dienone is 3. The maximum absolute atomic E-state index is 10.8. The second kappa shape index (κ2) is 4.77. The summed E-state index contributed by atoms with van der Waals surface area (Å²) in [5.74, 6) is 0.102. The van der Waals surface area contributed by atoms with Crippen LogP contribution in [0.3, 0.4) is 0 Å². The fourth-order valence-electron chi connectivity index (χ4n) is 2.74. The number of hydrogen-bond donors (Lipinski definition) is 3. The van der Waals surface area contributed by atoms with E-state index in [1.165, 1.54) is 0 Å². The van der Waals surface area contributed by atoms with Crippen molar-refractivity contribution in [3.05, 3.63) is 36.0 Å². The molecule has 1 heterocycles. The number of hydrogen-bond acceptors (Lipinski definition) is 3. The van der Waals surface area contributed by atoms with E-state index in [1.807, 2.05) is 44.2 Å². The van der Waals surface area contributed by atoms with Crippen LogP contribution in [-0.4, -0.2) is 34.5 Å². The minimum absolute atomic E-state index is 0.102. The van der Waals surface area contributed by atoms with Crippen LogP contribution in [0.15, 0.2) is 36.0 Å². The Bertz CT molecular complexity index is 372. The Morgan fingerprint density at radius 3 is 3.00 bits per heavy atom. The summed E-state index contributed by atoms with van der Waals surface area (Å²) in [5, 5.41) is 24.5. The molecule has 0 bridgehead atoms. The Labute approximate surface area is 103 Å². The third-order valence-corrected chi connectivity index (χ3v) is 3.89. The van der Waals surface area contributed by atoms with E-state index in [1.54, 1.807) is 0 Å². The van der Waals surface area contributed by atoms with E-state index in [0.29, 0.717) is 0 Å². The summed E-state index contributed by atoms with van der Waals surface area (Å²) in [7, 11) is 0. The molecule has 0 saturated carbocycles. The lowest BCUT2D eigenvalue weighted by Crippen LogP contribution is -2.64. The number of fused-ring (bicyclic) bond motifs is 1. The van der Waals surface area contributed by atoms with Crippen molar-refractivity contribution in [2.45, 2.75) is 38.0 Å². The van der Waals surface area contributed by atoms with E-state index in [2.05, 4.69) is 5.32 Å². The Kier molecular flexibility index (Phi) is 3.52. The van der Waals surface area contributed by atoms with Crippen molar-refractivity contribution >= 4 is 0 Å². The summed E-state index contributed by atoms with van der Waals surface area (Å²) in [4.78, 5) is 0. The molecule has 4 atom stereocenters. The first-order chi connectivity index (χ1) is 8.14. The van der Waals surface area contributed by atoms with Gasteiger partial charge in [-0.3, -0.25) is 0 Å². The first-order valence-corrected chi connectivity index (χ1v) is 6.30. The van der Waals surface area contributed by atoms with Gasteiger partial charge < -0.3 is 15.5 Å². The van der Waals surface area contributed by atoms with Crippen molar-refractivity contribution in [3.8, 4) is 0 Å². The summed E-state index contributed by atoms with van der Waals surface area (Å²) < 4.78 is 0. The quantitative estimate of drug-likeness (QED) is 0.673. The Balaban J connectivity index is 2.32. The second-order valence-corrected chi connectivity index (χ2v) is 4.83. The third kappa shape index (κ3) is 1.88. The molecule has 94 valence electrons. The molecular formula is C14H21NO2. The zero-order valence-corrected chi connectivity index (χ0v) is 10.4. The summed E-state index contributed by atoms with van der Waals surface area (Å²) in [6.07, 6.45) is 9.67. The van der Waals surface area contributed by atoms with E-state index in [0.717, 1.165) is 18.5 Å². The number of aliphatic hydroxyl groups excluding tert-OH is 1.